The monoisotopic (exact) mass is 693 g/mol. The summed E-state index contributed by atoms with van der Waals surface area (Å²) >= 11 is 0. The first-order valence-corrected chi connectivity index (χ1v) is 16.3. The molecule has 3 heterocycles. The molecule has 6 atom stereocenters. The van der Waals surface area contributed by atoms with Gasteiger partial charge in [-0.05, 0) is 63.3 Å². The van der Waals surface area contributed by atoms with Crippen molar-refractivity contribution in [2.75, 3.05) is 34.1 Å². The number of aliphatic hydroxyl groups is 3. The second-order valence-corrected chi connectivity index (χ2v) is 14.0. The number of methoxy groups -OCH3 is 2. The summed E-state index contributed by atoms with van der Waals surface area (Å²) in [6, 6.07) is 4.03. The van der Waals surface area contributed by atoms with Crippen LogP contribution in [0.25, 0.3) is 0 Å². The van der Waals surface area contributed by atoms with E-state index in [1.54, 1.807) is 21.0 Å². The highest BCUT2D eigenvalue weighted by atomic mass is 16.7. The Kier molecular flexibility index (Phi) is 11.2. The van der Waals surface area contributed by atoms with Crippen molar-refractivity contribution in [2.45, 2.75) is 107 Å². The summed E-state index contributed by atoms with van der Waals surface area (Å²) in [5.74, 6) is -3.14. The summed E-state index contributed by atoms with van der Waals surface area (Å²) in [6.07, 6.45) is 3.28. The minimum Gasteiger partial charge on any atom is -0.547 e. The van der Waals surface area contributed by atoms with Gasteiger partial charge in [0.1, 0.15) is 16.9 Å². The summed E-state index contributed by atoms with van der Waals surface area (Å²) in [4.78, 5) is 47.2. The number of esters is 2. The molecule has 1 unspecified atom stereocenters. The molecule has 272 valence electrons. The van der Waals surface area contributed by atoms with Crippen molar-refractivity contribution in [2.24, 2.45) is 0 Å². The predicted molar refractivity (Wildman–Crippen MR) is 166 cm³/mol. The number of fused-ring (bicyclic) bond motifs is 3. The third-order valence-corrected chi connectivity index (χ3v) is 9.76. The van der Waals surface area contributed by atoms with Gasteiger partial charge in [0.25, 0.3) is 0 Å². The molecular formula is C34H47NO14. The number of benzene rings is 1. The fourth-order valence-electron chi connectivity index (χ4n) is 7.28. The number of nitrogens with one attached hydrogen (secondary N) is 1. The van der Waals surface area contributed by atoms with E-state index >= 15 is 0 Å². The number of rotatable bonds is 12. The van der Waals surface area contributed by atoms with E-state index in [1.807, 2.05) is 12.1 Å². The van der Waals surface area contributed by atoms with Gasteiger partial charge in [0, 0.05) is 25.3 Å². The van der Waals surface area contributed by atoms with Gasteiger partial charge >= 0.3 is 17.9 Å². The van der Waals surface area contributed by atoms with Crippen LogP contribution in [-0.4, -0.2) is 107 Å². The largest absolute Gasteiger partial charge is 0.547 e. The zero-order valence-electron chi connectivity index (χ0n) is 28.5. The molecule has 15 nitrogen and oxygen atoms in total. The van der Waals surface area contributed by atoms with Gasteiger partial charge in [-0.25, -0.2) is 4.79 Å². The maximum absolute atomic E-state index is 13.8. The Balaban J connectivity index is 0.000000471. The number of hydrogen-bond acceptors (Lipinski definition) is 13. The minimum atomic E-state index is -2.27. The summed E-state index contributed by atoms with van der Waals surface area (Å²) in [5, 5.41) is 48.3. The van der Waals surface area contributed by atoms with E-state index in [0.717, 1.165) is 50.4 Å². The molecule has 0 radical (unpaired) electrons. The lowest BCUT2D eigenvalue weighted by atomic mass is 9.77. The van der Waals surface area contributed by atoms with Crippen LogP contribution in [0.15, 0.2) is 24.0 Å². The lowest BCUT2D eigenvalue weighted by Crippen LogP contribution is -3.18. The lowest BCUT2D eigenvalue weighted by Gasteiger charge is -2.37. The summed E-state index contributed by atoms with van der Waals surface area (Å²) < 4.78 is 28.1. The van der Waals surface area contributed by atoms with Crippen molar-refractivity contribution in [3.63, 3.8) is 0 Å². The smallest absolute Gasteiger partial charge is 0.339 e. The standard InChI is InChI=1S/C29H39NO9.C5H8O5/c1-27(2,33)8-5-10-29(34,16-23(31)36-4)26(32)39-25-22(35-3)15-28-9-6-11-30(28)12-7-18-13-20-21(38-17-37-20)14-19(18)24(25)28;1-5(10,4(8)9)2-3(6)7/h13-15,24-25,33-34H,5-12,16-17H2,1-4H3;10H,2H2,1H3,(H,6,7)(H,8,9)/t24-,25-,28+,29+;5-/m11/s1. The number of hydrogen-bond donors (Lipinski definition) is 5. The second-order valence-electron chi connectivity index (χ2n) is 14.0. The Morgan fingerprint density at radius 2 is 1.69 bits per heavy atom. The van der Waals surface area contributed by atoms with E-state index in [2.05, 4.69) is 6.08 Å². The molecule has 15 heteroatoms. The van der Waals surface area contributed by atoms with E-state index in [4.69, 9.17) is 33.9 Å². The molecule has 0 saturated carbocycles. The Morgan fingerprint density at radius 3 is 2.27 bits per heavy atom. The molecule has 1 fully saturated rings. The zero-order chi connectivity index (χ0) is 36.4. The summed E-state index contributed by atoms with van der Waals surface area (Å²) in [5.41, 5.74) is -3.56. The van der Waals surface area contributed by atoms with Crippen molar-refractivity contribution < 1.29 is 73.3 Å². The Labute approximate surface area is 284 Å². The molecule has 3 aliphatic heterocycles. The van der Waals surface area contributed by atoms with Gasteiger partial charge in [-0.15, -0.1) is 0 Å². The Hall–Kier alpha value is -3.92. The molecule has 1 saturated heterocycles. The number of carbonyl (C=O) groups is 4. The fraction of sp³-hybridized carbons (Fsp3) is 0.647. The van der Waals surface area contributed by atoms with Crippen LogP contribution in [0.3, 0.4) is 0 Å². The number of ether oxygens (including phenoxy) is 5. The maximum Gasteiger partial charge on any atom is 0.339 e. The molecule has 0 bridgehead atoms. The van der Waals surface area contributed by atoms with Crippen LogP contribution in [0.5, 0.6) is 11.5 Å². The average Bonchev–Trinajstić information content (AvgIpc) is 3.69. The van der Waals surface area contributed by atoms with Crippen molar-refractivity contribution >= 4 is 23.9 Å². The van der Waals surface area contributed by atoms with Crippen LogP contribution in [0, 0.1) is 0 Å². The molecule has 1 spiro atoms. The van der Waals surface area contributed by atoms with Gasteiger partial charge < -0.3 is 58.9 Å². The molecule has 4 aliphatic rings. The first-order valence-electron chi connectivity index (χ1n) is 16.3. The first kappa shape index (κ1) is 37.9. The Morgan fingerprint density at radius 1 is 1.02 bits per heavy atom. The zero-order valence-corrected chi connectivity index (χ0v) is 28.5. The quantitative estimate of drug-likeness (QED) is 0.168. The van der Waals surface area contributed by atoms with Gasteiger partial charge in [-0.2, -0.15) is 0 Å². The van der Waals surface area contributed by atoms with Gasteiger partial charge in [0.15, 0.2) is 23.2 Å². The van der Waals surface area contributed by atoms with Crippen LogP contribution in [-0.2, 0) is 39.8 Å². The van der Waals surface area contributed by atoms with Crippen LogP contribution in [0.4, 0.5) is 0 Å². The molecular weight excluding hydrogens is 646 g/mol. The highest BCUT2D eigenvalue weighted by Crippen LogP contribution is 2.50. The van der Waals surface area contributed by atoms with E-state index in [-0.39, 0.29) is 24.7 Å². The van der Waals surface area contributed by atoms with Gasteiger partial charge in [-0.3, -0.25) is 9.59 Å². The minimum absolute atomic E-state index is 0.0634. The third-order valence-electron chi connectivity index (χ3n) is 9.76. The van der Waals surface area contributed by atoms with Crippen molar-refractivity contribution in [3.05, 3.63) is 35.1 Å². The van der Waals surface area contributed by atoms with E-state index < -0.39 is 59.6 Å². The van der Waals surface area contributed by atoms with Crippen LogP contribution in [0.1, 0.15) is 82.8 Å². The highest BCUT2D eigenvalue weighted by Gasteiger charge is 2.62. The molecule has 1 aromatic rings. The second kappa shape index (κ2) is 14.5. The molecule has 5 rings (SSSR count). The fourth-order valence-corrected chi connectivity index (χ4v) is 7.28. The molecule has 0 amide bonds. The van der Waals surface area contributed by atoms with Gasteiger partial charge in [0.2, 0.25) is 6.79 Å². The number of aliphatic carboxylic acids is 2. The van der Waals surface area contributed by atoms with E-state index in [0.29, 0.717) is 30.1 Å². The Bertz CT molecular complexity index is 1470. The normalized spacial score (nSPS) is 25.8. The number of carboxylic acids is 2. The molecule has 49 heavy (non-hydrogen) atoms. The van der Waals surface area contributed by atoms with E-state index in [1.165, 1.54) is 12.0 Å². The highest BCUT2D eigenvalue weighted by molar-refractivity contribution is 5.86. The summed E-state index contributed by atoms with van der Waals surface area (Å²) in [6.45, 7) is 6.26. The van der Waals surface area contributed by atoms with Crippen molar-refractivity contribution in [1.29, 1.82) is 0 Å². The van der Waals surface area contributed by atoms with Crippen LogP contribution >= 0.6 is 0 Å². The van der Waals surface area contributed by atoms with Crippen molar-refractivity contribution in [3.8, 4) is 11.5 Å². The molecule has 0 aromatic heterocycles. The van der Waals surface area contributed by atoms with Crippen LogP contribution in [0.2, 0.25) is 0 Å². The SMILES string of the molecule is COC(=O)C[C@@](O)(CCCC(C)(C)O)C(=O)O[C@@H]1C(OC)=C[C@]23CCC[NH+]2CCc2cc4c(cc2[C@H]13)OCO4.C[C@@](O)(CC(=O)O)C(=O)[O-]. The third kappa shape index (κ3) is 8.28. The van der Waals surface area contributed by atoms with Gasteiger partial charge in [-0.1, -0.05) is 0 Å². The molecule has 1 aromatic carbocycles. The lowest BCUT2D eigenvalue weighted by molar-refractivity contribution is -0.932. The number of quaternary nitrogens is 1. The van der Waals surface area contributed by atoms with Crippen LogP contribution < -0.4 is 19.5 Å². The van der Waals surface area contributed by atoms with Crippen molar-refractivity contribution in [1.82, 2.24) is 0 Å². The number of carbonyl (C=O) groups excluding carboxylic acids is 3. The summed E-state index contributed by atoms with van der Waals surface area (Å²) in [7, 11) is 2.77. The maximum atomic E-state index is 13.8. The first-order chi connectivity index (χ1) is 22.9. The van der Waals surface area contributed by atoms with E-state index in [9.17, 15) is 34.5 Å². The predicted octanol–water partition coefficient (Wildman–Crippen LogP) is -0.874. The molecule has 5 N–H and O–H groups in total. The average molecular weight is 694 g/mol. The number of carboxylic acid groups (broad SMARTS) is 2. The van der Waals surface area contributed by atoms with Gasteiger partial charge in [0.05, 0.1) is 57.6 Å². The molecule has 1 aliphatic carbocycles. The topological polar surface area (TPSA) is 223 Å².